The van der Waals surface area contributed by atoms with Crippen molar-refractivity contribution in [3.05, 3.63) is 29.2 Å². The van der Waals surface area contributed by atoms with Gasteiger partial charge in [-0.3, -0.25) is 4.79 Å². The highest BCUT2D eigenvalue weighted by Crippen LogP contribution is 2.26. The van der Waals surface area contributed by atoms with Crippen molar-refractivity contribution in [1.29, 1.82) is 0 Å². The third-order valence-corrected chi connectivity index (χ3v) is 2.29. The minimum absolute atomic E-state index is 0.378. The number of imidazole rings is 1. The predicted molar refractivity (Wildman–Crippen MR) is 58.8 cm³/mol. The highest BCUT2D eigenvalue weighted by atomic mass is 35.5. The number of carbonyl (C=O) groups is 1. The van der Waals surface area contributed by atoms with Gasteiger partial charge >= 0.3 is 0 Å². The number of ether oxygens (including phenoxy) is 1. The molecule has 1 N–H and O–H groups in total. The number of rotatable bonds is 3. The Bertz CT molecular complexity index is 525. The molecular weight excluding hydrogens is 230 g/mol. The van der Waals surface area contributed by atoms with Crippen LogP contribution >= 0.6 is 11.6 Å². The molecule has 0 aliphatic rings. The van der Waals surface area contributed by atoms with Gasteiger partial charge in [0.25, 0.3) is 0 Å². The average Bonchev–Trinajstić information content (AvgIpc) is 2.77. The largest absolute Gasteiger partial charge is 0.495 e. The molecule has 0 aliphatic heterocycles. The van der Waals surface area contributed by atoms with E-state index < -0.39 is 0 Å². The first-order valence-corrected chi connectivity index (χ1v) is 4.82. The zero-order chi connectivity index (χ0) is 11.5. The maximum atomic E-state index is 10.5. The van der Waals surface area contributed by atoms with E-state index in [4.69, 9.17) is 16.3 Å². The van der Waals surface area contributed by atoms with Gasteiger partial charge in [-0.05, 0) is 0 Å². The van der Waals surface area contributed by atoms with E-state index in [1.54, 1.807) is 6.07 Å². The lowest BCUT2D eigenvalue weighted by atomic mass is 10.3. The second-order valence-electron chi connectivity index (χ2n) is 3.01. The maximum Gasteiger partial charge on any atom is 0.167 e. The maximum absolute atomic E-state index is 10.5. The van der Waals surface area contributed by atoms with Crippen LogP contribution in [0.5, 0.6) is 5.75 Å². The number of nitrogens with one attached hydrogen (secondary N) is 1. The summed E-state index contributed by atoms with van der Waals surface area (Å²) >= 11 is 6.00. The van der Waals surface area contributed by atoms with Crippen LogP contribution in [-0.2, 0) is 0 Å². The molecule has 16 heavy (non-hydrogen) atoms. The number of H-pyrrole nitrogens is 1. The number of aromatic amines is 1. The Kier molecular flexibility index (Phi) is 2.87. The summed E-state index contributed by atoms with van der Waals surface area (Å²) in [5, 5.41) is 0.408. The van der Waals surface area contributed by atoms with Crippen LogP contribution in [-0.4, -0.2) is 28.3 Å². The van der Waals surface area contributed by atoms with E-state index in [0.717, 1.165) is 0 Å². The van der Waals surface area contributed by atoms with Gasteiger partial charge in [-0.15, -0.1) is 0 Å². The van der Waals surface area contributed by atoms with E-state index in [9.17, 15) is 4.79 Å². The van der Waals surface area contributed by atoms with Crippen molar-refractivity contribution in [1.82, 2.24) is 15.0 Å². The summed E-state index contributed by atoms with van der Waals surface area (Å²) in [6.45, 7) is 0. The van der Waals surface area contributed by atoms with E-state index in [1.807, 2.05) is 0 Å². The first-order valence-electron chi connectivity index (χ1n) is 4.44. The number of aldehydes is 1. The monoisotopic (exact) mass is 237 g/mol. The smallest absolute Gasteiger partial charge is 0.167 e. The van der Waals surface area contributed by atoms with Crippen molar-refractivity contribution >= 4 is 17.9 Å². The lowest BCUT2D eigenvalue weighted by Crippen LogP contribution is -1.90. The van der Waals surface area contributed by atoms with E-state index in [1.165, 1.54) is 19.5 Å². The Morgan fingerprint density at radius 3 is 2.81 bits per heavy atom. The van der Waals surface area contributed by atoms with Crippen molar-refractivity contribution in [2.45, 2.75) is 0 Å². The lowest BCUT2D eigenvalue weighted by Gasteiger charge is -2.02. The fourth-order valence-corrected chi connectivity index (χ4v) is 1.47. The van der Waals surface area contributed by atoms with Gasteiger partial charge in [0.1, 0.15) is 11.4 Å². The van der Waals surface area contributed by atoms with Gasteiger partial charge in [-0.1, -0.05) is 11.6 Å². The molecule has 0 saturated carbocycles. The second-order valence-corrected chi connectivity index (χ2v) is 3.42. The number of hydrogen-bond donors (Lipinski definition) is 1. The van der Waals surface area contributed by atoms with Crippen LogP contribution in [0.25, 0.3) is 11.5 Å². The van der Waals surface area contributed by atoms with Gasteiger partial charge in [0, 0.05) is 6.07 Å². The van der Waals surface area contributed by atoms with Crippen molar-refractivity contribution in [3.8, 4) is 17.3 Å². The summed E-state index contributed by atoms with van der Waals surface area (Å²) in [6, 6.07) is 1.63. The van der Waals surface area contributed by atoms with Crippen LogP contribution < -0.4 is 4.74 Å². The summed E-state index contributed by atoms with van der Waals surface area (Å²) < 4.78 is 4.98. The molecule has 6 heteroatoms. The predicted octanol–water partition coefficient (Wildman–Crippen LogP) is 1.95. The van der Waals surface area contributed by atoms with E-state index in [2.05, 4.69) is 15.0 Å². The van der Waals surface area contributed by atoms with Crippen LogP contribution in [0.15, 0.2) is 18.5 Å². The fraction of sp³-hybridized carbons (Fsp3) is 0.100. The third kappa shape index (κ3) is 1.90. The minimum atomic E-state index is 0.378. The van der Waals surface area contributed by atoms with Crippen LogP contribution in [0, 0.1) is 0 Å². The Hall–Kier alpha value is -1.88. The molecule has 0 aliphatic carbocycles. The topological polar surface area (TPSA) is 67.9 Å². The molecule has 0 fully saturated rings. The Morgan fingerprint density at radius 1 is 1.44 bits per heavy atom. The Morgan fingerprint density at radius 2 is 2.25 bits per heavy atom. The molecule has 0 spiro atoms. The molecule has 0 atom stereocenters. The Labute approximate surface area is 96.4 Å². The summed E-state index contributed by atoms with van der Waals surface area (Å²) in [5.74, 6) is 1.02. The standard InChI is InChI=1S/C10H8ClN3O2/c1-16-7-2-8(11)9(12-4-7)10-13-3-6(5-15)14-10/h2-5H,1H3,(H,13,14). The van der Waals surface area contributed by atoms with Gasteiger partial charge in [0.15, 0.2) is 12.1 Å². The van der Waals surface area contributed by atoms with Crippen molar-refractivity contribution in [2.24, 2.45) is 0 Å². The number of methoxy groups -OCH3 is 1. The first kappa shape index (κ1) is 10.6. The Balaban J connectivity index is 2.43. The molecule has 0 radical (unpaired) electrons. The van der Waals surface area contributed by atoms with Gasteiger partial charge in [0.2, 0.25) is 0 Å². The van der Waals surface area contributed by atoms with Crippen LogP contribution in [0.1, 0.15) is 10.5 Å². The molecule has 0 saturated heterocycles. The number of halogens is 1. The van der Waals surface area contributed by atoms with E-state index in [-0.39, 0.29) is 0 Å². The molecule has 0 unspecified atom stereocenters. The highest BCUT2D eigenvalue weighted by molar-refractivity contribution is 6.33. The molecule has 2 rings (SSSR count). The lowest BCUT2D eigenvalue weighted by molar-refractivity contribution is 0.111. The summed E-state index contributed by atoms with van der Waals surface area (Å²) in [4.78, 5) is 21.4. The zero-order valence-corrected chi connectivity index (χ0v) is 9.15. The fourth-order valence-electron chi connectivity index (χ4n) is 1.22. The van der Waals surface area contributed by atoms with Crippen LogP contribution in [0.3, 0.4) is 0 Å². The first-order chi connectivity index (χ1) is 7.74. The normalized spacial score (nSPS) is 10.1. The number of aromatic nitrogens is 3. The molecule has 2 heterocycles. The summed E-state index contributed by atoms with van der Waals surface area (Å²) in [7, 11) is 1.53. The molecule has 2 aromatic rings. The molecule has 5 nitrogen and oxygen atoms in total. The van der Waals surface area contributed by atoms with Crippen LogP contribution in [0.4, 0.5) is 0 Å². The van der Waals surface area contributed by atoms with Crippen molar-refractivity contribution in [2.75, 3.05) is 7.11 Å². The minimum Gasteiger partial charge on any atom is -0.495 e. The molecule has 2 aromatic heterocycles. The average molecular weight is 238 g/mol. The highest BCUT2D eigenvalue weighted by Gasteiger charge is 2.10. The molecular formula is C10H8ClN3O2. The van der Waals surface area contributed by atoms with Gasteiger partial charge in [0.05, 0.1) is 30.2 Å². The molecule has 0 bridgehead atoms. The van der Waals surface area contributed by atoms with E-state index >= 15 is 0 Å². The summed E-state index contributed by atoms with van der Waals surface area (Å²) in [5.41, 5.74) is 0.860. The zero-order valence-electron chi connectivity index (χ0n) is 8.40. The number of pyridine rings is 1. The quantitative estimate of drug-likeness (QED) is 0.829. The number of nitrogens with zero attached hydrogens (tertiary/aromatic N) is 2. The van der Waals surface area contributed by atoms with Gasteiger partial charge in [-0.2, -0.15) is 0 Å². The van der Waals surface area contributed by atoms with Crippen molar-refractivity contribution < 1.29 is 9.53 Å². The third-order valence-electron chi connectivity index (χ3n) is 2.00. The van der Waals surface area contributed by atoms with Gasteiger partial charge < -0.3 is 9.72 Å². The number of hydrogen-bond acceptors (Lipinski definition) is 4. The molecule has 82 valence electrons. The molecule has 0 amide bonds. The SMILES string of the molecule is COc1cnc(-c2ncc(C=O)[nH]2)c(Cl)c1. The van der Waals surface area contributed by atoms with Gasteiger partial charge in [-0.25, -0.2) is 9.97 Å². The number of carbonyl (C=O) groups excluding carboxylic acids is 1. The second kappa shape index (κ2) is 4.32. The van der Waals surface area contributed by atoms with Crippen LogP contribution in [0.2, 0.25) is 5.02 Å². The summed E-state index contributed by atoms with van der Waals surface area (Å²) in [6.07, 6.45) is 3.63. The van der Waals surface area contributed by atoms with E-state index in [0.29, 0.717) is 34.3 Å². The van der Waals surface area contributed by atoms with Crippen molar-refractivity contribution in [3.63, 3.8) is 0 Å². The molecule has 0 aromatic carbocycles.